The zero-order valence-corrected chi connectivity index (χ0v) is 12.9. The average molecular weight is 272 g/mol. The minimum Gasteiger partial charge on any atom is -0.308 e. The molecule has 18 heavy (non-hydrogen) atoms. The van der Waals surface area contributed by atoms with Crippen LogP contribution in [0.15, 0.2) is 0 Å². The molecule has 2 aliphatic rings. The van der Waals surface area contributed by atoms with E-state index >= 15 is 0 Å². The summed E-state index contributed by atoms with van der Waals surface area (Å²) in [7, 11) is -0.691. The fourth-order valence-electron chi connectivity index (χ4n) is 3.63. The maximum Gasteiger partial charge on any atom is 0.0385 e. The van der Waals surface area contributed by atoms with Crippen molar-refractivity contribution in [3.8, 4) is 0 Å². The minimum absolute atomic E-state index is 0.355. The molecule has 1 aliphatic heterocycles. The molecule has 1 saturated heterocycles. The molecule has 0 aromatic carbocycles. The Morgan fingerprint density at radius 1 is 1.39 bits per heavy atom. The first-order chi connectivity index (χ1) is 8.52. The number of hydrogen-bond acceptors (Lipinski definition) is 3. The maximum atomic E-state index is 11.4. The van der Waals surface area contributed by atoms with E-state index in [1.807, 2.05) is 6.26 Å². The molecule has 1 saturated carbocycles. The van der Waals surface area contributed by atoms with Crippen LogP contribution in [0, 0.1) is 0 Å². The Bertz CT molecular complexity index is 302. The van der Waals surface area contributed by atoms with Gasteiger partial charge in [0.25, 0.3) is 0 Å². The van der Waals surface area contributed by atoms with Crippen molar-refractivity contribution < 1.29 is 4.21 Å². The predicted molar refractivity (Wildman–Crippen MR) is 78.4 cm³/mol. The van der Waals surface area contributed by atoms with E-state index in [2.05, 4.69) is 24.1 Å². The van der Waals surface area contributed by atoms with Crippen molar-refractivity contribution >= 4 is 10.8 Å². The first kappa shape index (κ1) is 14.5. The number of piperazine rings is 1. The highest BCUT2D eigenvalue weighted by Crippen LogP contribution is 2.32. The predicted octanol–water partition coefficient (Wildman–Crippen LogP) is 1.75. The van der Waals surface area contributed by atoms with Crippen LogP contribution in [0.25, 0.3) is 0 Å². The van der Waals surface area contributed by atoms with Crippen LogP contribution in [0.5, 0.6) is 0 Å². The zero-order valence-electron chi connectivity index (χ0n) is 12.1. The van der Waals surface area contributed by atoms with Crippen LogP contribution in [0.3, 0.4) is 0 Å². The van der Waals surface area contributed by atoms with Gasteiger partial charge in [0.05, 0.1) is 0 Å². The van der Waals surface area contributed by atoms with Gasteiger partial charge in [0, 0.05) is 53.5 Å². The number of nitrogens with one attached hydrogen (secondary N) is 1. The van der Waals surface area contributed by atoms with E-state index in [4.69, 9.17) is 0 Å². The lowest BCUT2D eigenvalue weighted by Gasteiger charge is -2.50. The molecule has 2 fully saturated rings. The van der Waals surface area contributed by atoms with Gasteiger partial charge >= 0.3 is 0 Å². The van der Waals surface area contributed by atoms with Gasteiger partial charge in [-0.05, 0) is 26.7 Å². The van der Waals surface area contributed by atoms with Crippen LogP contribution in [0.2, 0.25) is 0 Å². The van der Waals surface area contributed by atoms with Crippen LogP contribution in [-0.4, -0.2) is 51.8 Å². The summed E-state index contributed by atoms with van der Waals surface area (Å²) >= 11 is 0. The molecule has 1 aliphatic carbocycles. The summed E-state index contributed by atoms with van der Waals surface area (Å²) < 4.78 is 11.4. The topological polar surface area (TPSA) is 32.3 Å². The molecule has 1 spiro atoms. The molecule has 2 rings (SSSR count). The van der Waals surface area contributed by atoms with Gasteiger partial charge in [-0.15, -0.1) is 0 Å². The van der Waals surface area contributed by atoms with Crippen LogP contribution in [0.4, 0.5) is 0 Å². The summed E-state index contributed by atoms with van der Waals surface area (Å²) in [6, 6.07) is 1.00. The van der Waals surface area contributed by atoms with Crippen molar-refractivity contribution in [3.05, 3.63) is 0 Å². The Morgan fingerprint density at radius 2 is 2.06 bits per heavy atom. The van der Waals surface area contributed by atoms with E-state index in [9.17, 15) is 4.21 Å². The first-order valence-corrected chi connectivity index (χ1v) is 9.06. The van der Waals surface area contributed by atoms with Gasteiger partial charge in [-0.1, -0.05) is 19.3 Å². The van der Waals surface area contributed by atoms with E-state index in [1.165, 1.54) is 32.1 Å². The third kappa shape index (κ3) is 3.34. The Labute approximate surface area is 114 Å². The minimum atomic E-state index is -0.691. The highest BCUT2D eigenvalue weighted by atomic mass is 32.2. The van der Waals surface area contributed by atoms with E-state index in [-0.39, 0.29) is 0 Å². The van der Waals surface area contributed by atoms with Gasteiger partial charge in [0.2, 0.25) is 0 Å². The lowest BCUT2D eigenvalue weighted by Crippen LogP contribution is -2.66. The van der Waals surface area contributed by atoms with Crippen LogP contribution in [0.1, 0.15) is 46.0 Å². The molecule has 0 amide bonds. The van der Waals surface area contributed by atoms with Gasteiger partial charge in [0.1, 0.15) is 0 Å². The lowest BCUT2D eigenvalue weighted by atomic mass is 9.79. The molecular weight excluding hydrogens is 244 g/mol. The molecule has 0 aromatic heterocycles. The van der Waals surface area contributed by atoms with Gasteiger partial charge in [-0.25, -0.2) is 0 Å². The first-order valence-electron chi connectivity index (χ1n) is 7.33. The molecule has 0 bridgehead atoms. The second-order valence-corrected chi connectivity index (χ2v) is 7.81. The van der Waals surface area contributed by atoms with E-state index in [1.54, 1.807) is 0 Å². The summed E-state index contributed by atoms with van der Waals surface area (Å²) in [5.41, 5.74) is 0.355. The van der Waals surface area contributed by atoms with Crippen molar-refractivity contribution in [2.45, 2.75) is 63.6 Å². The van der Waals surface area contributed by atoms with E-state index in [0.717, 1.165) is 18.8 Å². The van der Waals surface area contributed by atoms with Crippen LogP contribution in [-0.2, 0) is 10.8 Å². The molecule has 3 nitrogen and oxygen atoms in total. The Hall–Kier alpha value is 0.0700. The Morgan fingerprint density at radius 3 is 2.67 bits per heavy atom. The zero-order chi connectivity index (χ0) is 13.2. The van der Waals surface area contributed by atoms with Gasteiger partial charge in [-0.3, -0.25) is 9.11 Å². The third-order valence-corrected chi connectivity index (χ3v) is 5.63. The molecule has 3 atom stereocenters. The summed E-state index contributed by atoms with van der Waals surface area (Å²) in [4.78, 5) is 2.59. The van der Waals surface area contributed by atoms with Gasteiger partial charge < -0.3 is 5.32 Å². The monoisotopic (exact) mass is 272 g/mol. The van der Waals surface area contributed by atoms with E-state index < -0.39 is 10.8 Å². The fourth-order valence-corrected chi connectivity index (χ4v) is 4.50. The summed E-state index contributed by atoms with van der Waals surface area (Å²) in [6.07, 6.45) is 8.58. The van der Waals surface area contributed by atoms with E-state index in [0.29, 0.717) is 17.6 Å². The van der Waals surface area contributed by atoms with Crippen LogP contribution < -0.4 is 5.32 Å². The fraction of sp³-hybridized carbons (Fsp3) is 1.00. The highest BCUT2D eigenvalue weighted by molar-refractivity contribution is 7.84. The van der Waals surface area contributed by atoms with Crippen molar-refractivity contribution in [3.63, 3.8) is 0 Å². The summed E-state index contributed by atoms with van der Waals surface area (Å²) in [5.74, 6) is 0.806. The molecule has 1 heterocycles. The van der Waals surface area contributed by atoms with Crippen molar-refractivity contribution in [2.75, 3.05) is 25.1 Å². The molecule has 4 heteroatoms. The maximum absolute atomic E-state index is 11.4. The smallest absolute Gasteiger partial charge is 0.0385 e. The SMILES string of the molecule is CC1CNC2(CCCCC2)CN1C(C)CS(C)=O. The van der Waals surface area contributed by atoms with Gasteiger partial charge in [-0.2, -0.15) is 0 Å². The molecular formula is C14H28N2OS. The molecule has 0 radical (unpaired) electrons. The average Bonchev–Trinajstić information content (AvgIpc) is 2.33. The summed E-state index contributed by atoms with van der Waals surface area (Å²) in [5, 5.41) is 3.80. The number of hydrogen-bond donors (Lipinski definition) is 1. The summed E-state index contributed by atoms with van der Waals surface area (Å²) in [6.45, 7) is 6.75. The number of nitrogens with zero attached hydrogens (tertiary/aromatic N) is 1. The molecule has 106 valence electrons. The molecule has 3 unspecified atom stereocenters. The Balaban J connectivity index is 2.01. The largest absolute Gasteiger partial charge is 0.308 e. The standard InChI is InChI=1S/C14H28N2OS/c1-12-9-15-14(7-5-4-6-8-14)11-16(12)13(2)10-18(3)17/h12-13,15H,4-11H2,1-3H3. The lowest BCUT2D eigenvalue weighted by molar-refractivity contribution is 0.0424. The second kappa shape index (κ2) is 6.02. The van der Waals surface area contributed by atoms with Gasteiger partial charge in [0.15, 0.2) is 0 Å². The van der Waals surface area contributed by atoms with Crippen molar-refractivity contribution in [1.82, 2.24) is 10.2 Å². The van der Waals surface area contributed by atoms with Crippen molar-refractivity contribution in [2.24, 2.45) is 0 Å². The molecule has 1 N–H and O–H groups in total. The number of rotatable bonds is 3. The third-order valence-electron chi connectivity index (χ3n) is 4.68. The second-order valence-electron chi connectivity index (χ2n) is 6.33. The normalized spacial score (nSPS) is 32.3. The highest BCUT2D eigenvalue weighted by Gasteiger charge is 2.39. The van der Waals surface area contributed by atoms with Crippen LogP contribution >= 0.6 is 0 Å². The Kier molecular flexibility index (Phi) is 4.84. The quantitative estimate of drug-likeness (QED) is 0.849. The van der Waals surface area contributed by atoms with Crippen molar-refractivity contribution in [1.29, 1.82) is 0 Å². The molecule has 0 aromatic rings.